The Bertz CT molecular complexity index is 621. The van der Waals surface area contributed by atoms with Crippen LogP contribution < -0.4 is 0 Å². The van der Waals surface area contributed by atoms with Gasteiger partial charge in [-0.15, -0.1) is 0 Å². The van der Waals surface area contributed by atoms with Gasteiger partial charge in [0.05, 0.1) is 0 Å². The van der Waals surface area contributed by atoms with Crippen molar-refractivity contribution in [3.63, 3.8) is 0 Å². The van der Waals surface area contributed by atoms with Gasteiger partial charge in [-0.3, -0.25) is 0 Å². The molecule has 0 aliphatic carbocycles. The first kappa shape index (κ1) is 27.0. The van der Waals surface area contributed by atoms with E-state index < -0.39 is 0 Å². The lowest BCUT2D eigenvalue weighted by Crippen LogP contribution is -2.12. The van der Waals surface area contributed by atoms with Crippen molar-refractivity contribution < 1.29 is 0 Å². The largest absolute Gasteiger partial charge is 0.0840 e. The number of rotatable bonds is 0. The van der Waals surface area contributed by atoms with E-state index in [9.17, 15) is 0 Å². The summed E-state index contributed by atoms with van der Waals surface area (Å²) in [6, 6.07) is 12.9. The van der Waals surface area contributed by atoms with E-state index in [0.717, 1.165) is 5.02 Å². The Morgan fingerprint density at radius 3 is 1.35 bits per heavy atom. The van der Waals surface area contributed by atoms with Crippen molar-refractivity contribution in [2.75, 3.05) is 0 Å². The minimum absolute atomic E-state index is 0. The Morgan fingerprint density at radius 1 is 0.615 bits per heavy atom. The predicted octanol–water partition coefficient (Wildman–Crippen LogP) is 8.82. The van der Waals surface area contributed by atoms with E-state index in [1.54, 1.807) is 0 Å². The molecule has 1 heteroatoms. The second-order valence-electron chi connectivity index (χ2n) is 8.80. The molecule has 0 nitrogen and oxygen atoms in total. The zero-order valence-corrected chi connectivity index (χ0v) is 17.6. The molecule has 0 saturated carbocycles. The first-order valence-electron chi connectivity index (χ1n) is 8.67. The van der Waals surface area contributed by atoms with Crippen LogP contribution in [0, 0.1) is 20.8 Å². The Hall–Kier alpha value is -1.27. The summed E-state index contributed by atoms with van der Waals surface area (Å²) >= 11 is 6.11. The van der Waals surface area contributed by atoms with E-state index in [-0.39, 0.29) is 25.7 Å². The van der Waals surface area contributed by atoms with E-state index in [0.29, 0.717) is 0 Å². The highest BCUT2D eigenvalue weighted by atomic mass is 35.5. The molecule has 2 aromatic carbocycles. The highest BCUT2D eigenvalue weighted by molar-refractivity contribution is 6.31. The Labute approximate surface area is 169 Å². The number of aryl methyl sites for hydroxylation is 3. The SMILES string of the molecule is C.C.Cc1ccc(C(C)(C)C)c(C)c1.Cc1ccc(C(C)(C)C)c(Cl)c1. The van der Waals surface area contributed by atoms with Crippen molar-refractivity contribution in [3.8, 4) is 0 Å². The average molecular weight is 377 g/mol. The molecule has 2 rings (SSSR count). The van der Waals surface area contributed by atoms with Crippen molar-refractivity contribution >= 4 is 11.6 Å². The molecule has 0 aliphatic heterocycles. The maximum absolute atomic E-state index is 6.11. The molecule has 0 N–H and O–H groups in total. The highest BCUT2D eigenvalue weighted by Gasteiger charge is 2.16. The van der Waals surface area contributed by atoms with Gasteiger partial charge < -0.3 is 0 Å². The molecule has 0 amide bonds. The first-order chi connectivity index (χ1) is 10.8. The van der Waals surface area contributed by atoms with Crippen molar-refractivity contribution in [3.05, 3.63) is 69.2 Å². The van der Waals surface area contributed by atoms with Crippen LogP contribution in [-0.4, -0.2) is 0 Å². The fourth-order valence-corrected chi connectivity index (χ4v) is 3.40. The molecule has 0 saturated heterocycles. The predicted molar refractivity (Wildman–Crippen MR) is 123 cm³/mol. The molecule has 0 spiro atoms. The van der Waals surface area contributed by atoms with Crippen LogP contribution >= 0.6 is 11.6 Å². The average Bonchev–Trinajstić information content (AvgIpc) is 2.35. The molecule has 0 radical (unpaired) electrons. The van der Waals surface area contributed by atoms with Gasteiger partial charge in [-0.05, 0) is 59.9 Å². The fraction of sp³-hybridized carbons (Fsp3) is 0.520. The lowest BCUT2D eigenvalue weighted by molar-refractivity contribution is 0.586. The summed E-state index contributed by atoms with van der Waals surface area (Å²) in [4.78, 5) is 0. The van der Waals surface area contributed by atoms with Gasteiger partial charge in [-0.1, -0.05) is 104 Å². The molecular formula is C25H41Cl. The molecule has 26 heavy (non-hydrogen) atoms. The molecule has 0 unspecified atom stereocenters. The summed E-state index contributed by atoms with van der Waals surface area (Å²) < 4.78 is 0. The van der Waals surface area contributed by atoms with Gasteiger partial charge >= 0.3 is 0 Å². The van der Waals surface area contributed by atoms with Gasteiger partial charge in [0.15, 0.2) is 0 Å². The Morgan fingerprint density at radius 2 is 1.00 bits per heavy atom. The lowest BCUT2D eigenvalue weighted by Gasteiger charge is -2.21. The number of halogens is 1. The maximum Gasteiger partial charge on any atom is 0.0445 e. The minimum atomic E-state index is 0. The lowest BCUT2D eigenvalue weighted by atomic mass is 9.84. The standard InChI is InChI=1S/C12H18.C11H15Cl.2CH4/c1-9-6-7-11(10(2)8-9)12(3,4)5;1-8-5-6-9(10(12)7-8)11(2,3)4;;/h6-8H,1-5H3;5-7H,1-4H3;2*1H4. The van der Waals surface area contributed by atoms with Crippen LogP contribution in [0.4, 0.5) is 0 Å². The third-order valence-electron chi connectivity index (χ3n) is 4.12. The number of benzene rings is 2. The third-order valence-corrected chi connectivity index (χ3v) is 4.44. The maximum atomic E-state index is 6.11. The molecule has 2 aromatic rings. The molecule has 0 fully saturated rings. The van der Waals surface area contributed by atoms with Crippen molar-refractivity contribution in [1.29, 1.82) is 0 Å². The highest BCUT2D eigenvalue weighted by Crippen LogP contribution is 2.29. The van der Waals surface area contributed by atoms with Gasteiger partial charge in [-0.2, -0.15) is 0 Å². The van der Waals surface area contributed by atoms with Gasteiger partial charge in [0.1, 0.15) is 0 Å². The van der Waals surface area contributed by atoms with Gasteiger partial charge in [0.25, 0.3) is 0 Å². The minimum Gasteiger partial charge on any atom is -0.0840 e. The second-order valence-corrected chi connectivity index (χ2v) is 9.21. The topological polar surface area (TPSA) is 0 Å². The Kier molecular flexibility index (Phi) is 10.5. The fourth-order valence-electron chi connectivity index (χ4n) is 2.88. The summed E-state index contributed by atoms with van der Waals surface area (Å²) in [7, 11) is 0. The van der Waals surface area contributed by atoms with Crippen LogP contribution in [0.5, 0.6) is 0 Å². The van der Waals surface area contributed by atoms with Crippen molar-refractivity contribution in [1.82, 2.24) is 0 Å². The van der Waals surface area contributed by atoms with E-state index in [4.69, 9.17) is 11.6 Å². The van der Waals surface area contributed by atoms with Crippen LogP contribution in [0.3, 0.4) is 0 Å². The summed E-state index contributed by atoms with van der Waals surface area (Å²) in [6.45, 7) is 19.7. The van der Waals surface area contributed by atoms with Crippen LogP contribution in [-0.2, 0) is 10.8 Å². The van der Waals surface area contributed by atoms with E-state index >= 15 is 0 Å². The van der Waals surface area contributed by atoms with Gasteiger partial charge in [-0.25, -0.2) is 0 Å². The second kappa shape index (κ2) is 10.2. The smallest absolute Gasteiger partial charge is 0.0445 e. The number of hydrogen-bond donors (Lipinski definition) is 0. The van der Waals surface area contributed by atoms with Crippen molar-refractivity contribution in [2.45, 2.75) is 88.0 Å². The van der Waals surface area contributed by atoms with Gasteiger partial charge in [0.2, 0.25) is 0 Å². The quantitative estimate of drug-likeness (QED) is 0.430. The molecule has 0 aliphatic rings. The third kappa shape index (κ3) is 7.96. The summed E-state index contributed by atoms with van der Waals surface area (Å²) in [5.74, 6) is 0. The van der Waals surface area contributed by atoms with E-state index in [2.05, 4.69) is 92.6 Å². The normalized spacial score (nSPS) is 10.8. The molecule has 148 valence electrons. The van der Waals surface area contributed by atoms with Gasteiger partial charge in [0, 0.05) is 5.02 Å². The summed E-state index contributed by atoms with van der Waals surface area (Å²) in [5.41, 5.74) is 7.06. The van der Waals surface area contributed by atoms with Crippen LogP contribution in [0.25, 0.3) is 0 Å². The van der Waals surface area contributed by atoms with E-state index in [1.165, 1.54) is 27.8 Å². The molecule has 0 atom stereocenters. The Balaban J connectivity index is 0. The monoisotopic (exact) mass is 376 g/mol. The molecule has 0 aromatic heterocycles. The van der Waals surface area contributed by atoms with Crippen LogP contribution in [0.2, 0.25) is 5.02 Å². The van der Waals surface area contributed by atoms with Crippen LogP contribution in [0.15, 0.2) is 36.4 Å². The van der Waals surface area contributed by atoms with Crippen LogP contribution in [0.1, 0.15) is 84.2 Å². The van der Waals surface area contributed by atoms with Crippen molar-refractivity contribution in [2.24, 2.45) is 0 Å². The van der Waals surface area contributed by atoms with E-state index in [1.807, 2.05) is 6.07 Å². The molecular weight excluding hydrogens is 336 g/mol. The summed E-state index contributed by atoms with van der Waals surface area (Å²) in [6.07, 6.45) is 0. The summed E-state index contributed by atoms with van der Waals surface area (Å²) in [5, 5.41) is 0.877. The molecule has 0 heterocycles. The zero-order chi connectivity index (χ0) is 18.7. The zero-order valence-electron chi connectivity index (χ0n) is 16.8. The number of hydrogen-bond acceptors (Lipinski definition) is 0. The first-order valence-corrected chi connectivity index (χ1v) is 9.04. The molecule has 0 bridgehead atoms.